The molecule has 4 N–H and O–H groups in total. The Hall–Kier alpha value is -5.40. The molecule has 6 heterocycles. The largest absolute Gasteiger partial charge is 0.444 e. The number of anilines is 1. The van der Waals surface area contributed by atoms with Gasteiger partial charge in [0.05, 0.1) is 34.2 Å². The van der Waals surface area contributed by atoms with Gasteiger partial charge in [-0.1, -0.05) is 24.3 Å². The van der Waals surface area contributed by atoms with Gasteiger partial charge in [-0.25, -0.2) is 19.6 Å². The van der Waals surface area contributed by atoms with Gasteiger partial charge in [-0.15, -0.1) is 11.3 Å². The first-order valence-corrected chi connectivity index (χ1v) is 22.2. The number of imidazole rings is 2. The molecule has 0 radical (unpaired) electrons. The van der Waals surface area contributed by atoms with Crippen molar-refractivity contribution in [2.24, 2.45) is 5.73 Å². The zero-order valence-electron chi connectivity index (χ0n) is 35.5. The number of nitrogens with two attached hydrogens (primary N) is 1. The summed E-state index contributed by atoms with van der Waals surface area (Å²) >= 11 is 1.76. The third-order valence-electron chi connectivity index (χ3n) is 11.8. The first-order chi connectivity index (χ1) is 28.7. The van der Waals surface area contributed by atoms with Crippen LogP contribution in [0.3, 0.4) is 0 Å². The predicted octanol–water partition coefficient (Wildman–Crippen LogP) is 10.6. The molecule has 3 aromatic carbocycles. The number of nitrogens with one attached hydrogen (secondary N) is 2. The van der Waals surface area contributed by atoms with E-state index in [2.05, 4.69) is 81.6 Å². The highest BCUT2D eigenvalue weighted by Crippen LogP contribution is 2.45. The fourth-order valence-corrected chi connectivity index (χ4v) is 9.99. The van der Waals surface area contributed by atoms with Gasteiger partial charge in [-0.3, -0.25) is 9.80 Å². The van der Waals surface area contributed by atoms with E-state index in [-0.39, 0.29) is 30.3 Å². The van der Waals surface area contributed by atoms with Gasteiger partial charge >= 0.3 is 12.2 Å². The van der Waals surface area contributed by atoms with Crippen LogP contribution in [0.4, 0.5) is 15.3 Å². The van der Waals surface area contributed by atoms with Gasteiger partial charge in [0.2, 0.25) is 0 Å². The molecule has 9 rings (SSSR count). The average molecular weight is 829 g/mol. The Bertz CT molecular complexity index is 2540. The monoisotopic (exact) mass is 828 g/mol. The Morgan fingerprint density at radius 1 is 0.667 bits per heavy atom. The lowest BCUT2D eigenvalue weighted by atomic mass is 10.00. The molecule has 2 atom stereocenters. The van der Waals surface area contributed by atoms with Crippen LogP contribution in [0.1, 0.15) is 104 Å². The molecule has 12 nitrogen and oxygen atoms in total. The van der Waals surface area contributed by atoms with Gasteiger partial charge < -0.3 is 30.1 Å². The molecule has 0 saturated carbocycles. The number of likely N-dealkylation sites (tertiary alicyclic amines) is 2. The fourth-order valence-electron chi connectivity index (χ4n) is 8.82. The van der Waals surface area contributed by atoms with Crippen molar-refractivity contribution in [3.8, 4) is 32.0 Å². The lowest BCUT2D eigenvalue weighted by molar-refractivity contribution is 0.0208. The third-order valence-corrected chi connectivity index (χ3v) is 13.0. The summed E-state index contributed by atoms with van der Waals surface area (Å²) in [5, 5.41) is 0. The summed E-state index contributed by atoms with van der Waals surface area (Å²) in [5.41, 5.74) is 14.3. The van der Waals surface area contributed by atoms with E-state index >= 15 is 0 Å². The van der Waals surface area contributed by atoms with Crippen molar-refractivity contribution in [3.05, 3.63) is 78.4 Å². The van der Waals surface area contributed by atoms with Gasteiger partial charge in [0.1, 0.15) is 22.9 Å². The first-order valence-electron chi connectivity index (χ1n) is 21.4. The molecule has 0 aliphatic carbocycles. The minimum atomic E-state index is -0.569. The van der Waals surface area contributed by atoms with E-state index in [4.69, 9.17) is 25.2 Å². The molecular formula is C47H56N8O4S. The Morgan fingerprint density at radius 3 is 1.70 bits per heavy atom. The van der Waals surface area contributed by atoms with Crippen LogP contribution in [0.25, 0.3) is 54.1 Å². The van der Waals surface area contributed by atoms with Crippen LogP contribution in [0.5, 0.6) is 0 Å². The molecule has 2 amide bonds. The molecule has 3 fully saturated rings. The van der Waals surface area contributed by atoms with Crippen molar-refractivity contribution in [3.63, 3.8) is 0 Å². The molecular weight excluding hydrogens is 773 g/mol. The number of hydrogen-bond donors (Lipinski definition) is 3. The molecule has 3 aromatic heterocycles. The van der Waals surface area contributed by atoms with Crippen molar-refractivity contribution in [1.82, 2.24) is 29.7 Å². The summed E-state index contributed by atoms with van der Waals surface area (Å²) in [5.74, 6) is 1.57. The zero-order valence-corrected chi connectivity index (χ0v) is 36.3. The molecule has 0 spiro atoms. The molecule has 13 heteroatoms. The van der Waals surface area contributed by atoms with E-state index < -0.39 is 11.2 Å². The molecule has 0 bridgehead atoms. The highest BCUT2D eigenvalue weighted by Gasteiger charge is 2.36. The van der Waals surface area contributed by atoms with E-state index in [1.54, 1.807) is 21.1 Å². The van der Waals surface area contributed by atoms with Crippen molar-refractivity contribution >= 4 is 51.3 Å². The van der Waals surface area contributed by atoms with E-state index in [0.717, 1.165) is 117 Å². The number of piperidine rings is 1. The highest BCUT2D eigenvalue weighted by molar-refractivity contribution is 7.19. The quantitative estimate of drug-likeness (QED) is 0.150. The van der Waals surface area contributed by atoms with Gasteiger partial charge in [0, 0.05) is 53.2 Å². The summed E-state index contributed by atoms with van der Waals surface area (Å²) in [6.45, 7) is 14.6. The van der Waals surface area contributed by atoms with Crippen LogP contribution >= 0.6 is 11.3 Å². The van der Waals surface area contributed by atoms with E-state index in [0.29, 0.717) is 13.1 Å². The average Bonchev–Trinajstić information content (AvgIpc) is 4.05. The lowest BCUT2D eigenvalue weighted by Crippen LogP contribution is -2.39. The van der Waals surface area contributed by atoms with Crippen LogP contribution < -0.4 is 10.6 Å². The number of aromatic amines is 2. The number of amides is 2. The van der Waals surface area contributed by atoms with Crippen LogP contribution in [-0.2, 0) is 9.47 Å². The van der Waals surface area contributed by atoms with Crippen LogP contribution in [0.2, 0.25) is 0 Å². The zero-order chi connectivity index (χ0) is 41.9. The second-order valence-corrected chi connectivity index (χ2v) is 19.6. The maximum Gasteiger partial charge on any atom is 0.410 e. The van der Waals surface area contributed by atoms with E-state index in [1.807, 2.05) is 41.5 Å². The van der Waals surface area contributed by atoms with Crippen LogP contribution in [-0.4, -0.2) is 85.3 Å². The number of ether oxygens (including phenoxy) is 2. The number of carbonyl (C=O) groups is 2. The third kappa shape index (κ3) is 8.21. The summed E-state index contributed by atoms with van der Waals surface area (Å²) < 4.78 is 11.5. The van der Waals surface area contributed by atoms with Gasteiger partial charge in [-0.05, 0) is 139 Å². The Kier molecular flexibility index (Phi) is 10.4. The number of fused-ring (bicyclic) bond motifs is 2. The van der Waals surface area contributed by atoms with Crippen molar-refractivity contribution in [1.29, 1.82) is 0 Å². The molecule has 3 aliphatic heterocycles. The SMILES string of the molecule is CC(C)(C)OC(=O)N1CCC[C@H]1c1nc2ccc(-c3cc(-c4ccc(N5CCC(N)CC5)cc4)c(-c4ccc5nc([C@@H]6CCCN6C(=O)OC(C)(C)C)[nH]c5c4)s3)cc2[nH]1. The number of rotatable bonds is 6. The Labute approximate surface area is 355 Å². The summed E-state index contributed by atoms with van der Waals surface area (Å²) in [6, 6.07) is 24.0. The number of hydrogen-bond acceptors (Lipinski definition) is 9. The molecule has 60 heavy (non-hydrogen) atoms. The highest BCUT2D eigenvalue weighted by atomic mass is 32.1. The van der Waals surface area contributed by atoms with Crippen LogP contribution in [0, 0.1) is 0 Å². The minimum Gasteiger partial charge on any atom is -0.444 e. The Morgan fingerprint density at radius 2 is 1.17 bits per heavy atom. The predicted molar refractivity (Wildman–Crippen MR) is 239 cm³/mol. The summed E-state index contributed by atoms with van der Waals surface area (Å²) in [7, 11) is 0. The Balaban J connectivity index is 1.06. The summed E-state index contributed by atoms with van der Waals surface area (Å²) in [6.07, 6.45) is 4.86. The standard InChI is InChI=1S/C47H56N8O4S/c1-46(2,3)58-44(56)54-21-7-9-38(54)42-49-34-17-13-29(25-36(34)51-42)40-27-33(28-11-15-32(16-12-28)53-23-19-31(48)20-24-53)41(60-40)30-14-18-35-37(26-30)52-43(50-35)39-10-8-22-55(39)45(57)59-47(4,5)6/h11-18,25-27,31,38-39H,7-10,19-24,48H2,1-6H3,(H,49,51)(H,50,52)/t38-,39-/m0/s1. The number of nitrogens with zero attached hydrogens (tertiary/aromatic N) is 5. The lowest BCUT2D eigenvalue weighted by Gasteiger charge is -2.32. The topological polar surface area (TPSA) is 146 Å². The maximum atomic E-state index is 13.2. The number of thiophene rings is 1. The van der Waals surface area contributed by atoms with Gasteiger partial charge in [0.15, 0.2) is 0 Å². The number of benzene rings is 3. The van der Waals surface area contributed by atoms with Crippen molar-refractivity contribution < 1.29 is 19.1 Å². The summed E-state index contributed by atoms with van der Waals surface area (Å²) in [4.78, 5) is 51.7. The fraction of sp³-hybridized carbons (Fsp3) is 0.447. The van der Waals surface area contributed by atoms with Crippen molar-refractivity contribution in [2.75, 3.05) is 31.1 Å². The van der Waals surface area contributed by atoms with E-state index in [1.165, 1.54) is 5.69 Å². The minimum absolute atomic E-state index is 0.160. The molecule has 0 unspecified atom stereocenters. The number of H-pyrrole nitrogens is 2. The van der Waals surface area contributed by atoms with Crippen molar-refractivity contribution in [2.45, 2.75) is 109 Å². The maximum absolute atomic E-state index is 13.2. The second-order valence-electron chi connectivity index (χ2n) is 18.6. The van der Waals surface area contributed by atoms with Gasteiger partial charge in [0.25, 0.3) is 0 Å². The molecule has 3 saturated heterocycles. The molecule has 3 aliphatic rings. The molecule has 6 aromatic rings. The smallest absolute Gasteiger partial charge is 0.410 e. The van der Waals surface area contributed by atoms with Gasteiger partial charge in [-0.2, -0.15) is 0 Å². The molecule has 314 valence electrons. The second kappa shape index (κ2) is 15.6. The normalized spacial score (nSPS) is 19.2. The first kappa shape index (κ1) is 40.0. The van der Waals surface area contributed by atoms with Crippen LogP contribution in [0.15, 0.2) is 66.7 Å². The number of carbonyl (C=O) groups excluding carboxylic acids is 2. The number of aromatic nitrogens is 4. The van der Waals surface area contributed by atoms with E-state index in [9.17, 15) is 9.59 Å².